The van der Waals surface area contributed by atoms with E-state index in [1.807, 2.05) is 37.8 Å². The molecule has 8 nitrogen and oxygen atoms in total. The van der Waals surface area contributed by atoms with E-state index in [0.29, 0.717) is 35.2 Å². The highest BCUT2D eigenvalue weighted by atomic mass is 32.1. The molecule has 174 valence electrons. The number of hydrogen-bond acceptors (Lipinski definition) is 5. The van der Waals surface area contributed by atoms with E-state index < -0.39 is 12.0 Å². The fourth-order valence-electron chi connectivity index (χ4n) is 3.68. The second kappa shape index (κ2) is 10.8. The Hall–Kier alpha value is -3.59. The van der Waals surface area contributed by atoms with Crippen molar-refractivity contribution in [1.82, 2.24) is 10.2 Å². The molecule has 1 aliphatic heterocycles. The maximum Gasteiger partial charge on any atom is 0.337 e. The van der Waals surface area contributed by atoms with Gasteiger partial charge >= 0.3 is 12.0 Å². The minimum absolute atomic E-state index is 0.388. The van der Waals surface area contributed by atoms with Gasteiger partial charge in [0.05, 0.1) is 25.3 Å². The third kappa shape index (κ3) is 5.61. The Bertz CT molecular complexity index is 1070. The monoisotopic (exact) mass is 468 g/mol. The summed E-state index contributed by atoms with van der Waals surface area (Å²) in [6.45, 7) is 6.92. The summed E-state index contributed by atoms with van der Waals surface area (Å²) < 4.78 is 10.4. The molecule has 2 amide bonds. The van der Waals surface area contributed by atoms with Crippen LogP contribution in [-0.4, -0.2) is 42.3 Å². The Labute approximate surface area is 198 Å². The van der Waals surface area contributed by atoms with Crippen molar-refractivity contribution in [3.63, 3.8) is 0 Å². The molecular weight excluding hydrogens is 440 g/mol. The lowest BCUT2D eigenvalue weighted by atomic mass is 9.94. The molecule has 9 heteroatoms. The van der Waals surface area contributed by atoms with E-state index in [4.69, 9.17) is 21.7 Å². The van der Waals surface area contributed by atoms with E-state index in [1.165, 1.54) is 7.11 Å². The first-order valence-electron chi connectivity index (χ1n) is 10.7. The number of amides is 2. The topological polar surface area (TPSA) is 91.9 Å². The highest BCUT2D eigenvalue weighted by molar-refractivity contribution is 7.80. The SMILES string of the molecule is CCOc1ccc(NC(=O)Nc2cccc([C@H]3NC(=S)N(CC)C(C)=C3C(=O)OC)c2)cc1. The number of allylic oxidation sites excluding steroid dienone is 1. The minimum Gasteiger partial charge on any atom is -0.494 e. The summed E-state index contributed by atoms with van der Waals surface area (Å²) in [5, 5.41) is 9.37. The average molecular weight is 469 g/mol. The number of ether oxygens (including phenoxy) is 2. The van der Waals surface area contributed by atoms with Gasteiger partial charge in [0.2, 0.25) is 0 Å². The Morgan fingerprint density at radius 1 is 1.09 bits per heavy atom. The van der Waals surface area contributed by atoms with Crippen molar-refractivity contribution in [2.45, 2.75) is 26.8 Å². The van der Waals surface area contributed by atoms with Crippen LogP contribution in [0.5, 0.6) is 5.75 Å². The quantitative estimate of drug-likeness (QED) is 0.409. The number of thiocarbonyl (C=S) groups is 1. The number of esters is 1. The Morgan fingerprint density at radius 2 is 1.79 bits per heavy atom. The van der Waals surface area contributed by atoms with Gasteiger partial charge in [0.25, 0.3) is 0 Å². The molecule has 0 aliphatic carbocycles. The van der Waals surface area contributed by atoms with Gasteiger partial charge in [-0.1, -0.05) is 12.1 Å². The van der Waals surface area contributed by atoms with Gasteiger partial charge in [-0.25, -0.2) is 9.59 Å². The molecule has 1 aliphatic rings. The highest BCUT2D eigenvalue weighted by Gasteiger charge is 2.34. The standard InChI is InChI=1S/C24H28N4O4S/c1-5-28-15(3)20(22(29)31-4)21(27-24(28)33)16-8-7-9-18(14-16)26-23(30)25-17-10-12-19(13-11-17)32-6-2/h7-14,21H,5-6H2,1-4H3,(H,27,33)(H2,25,26,30)/t21-/m1/s1. The number of anilines is 2. The number of carbonyl (C=O) groups is 2. The number of urea groups is 1. The third-order valence-corrected chi connectivity index (χ3v) is 5.56. The molecule has 2 aromatic carbocycles. The molecule has 0 fully saturated rings. The van der Waals surface area contributed by atoms with E-state index in [9.17, 15) is 9.59 Å². The third-order valence-electron chi connectivity index (χ3n) is 5.22. The summed E-state index contributed by atoms with van der Waals surface area (Å²) in [5.74, 6) is 0.304. The normalized spacial score (nSPS) is 15.6. The Kier molecular flexibility index (Phi) is 7.89. The first-order valence-corrected chi connectivity index (χ1v) is 11.1. The van der Waals surface area contributed by atoms with Crippen molar-refractivity contribution in [2.24, 2.45) is 0 Å². The minimum atomic E-state index is -0.497. The number of rotatable bonds is 7. The smallest absolute Gasteiger partial charge is 0.337 e. The maximum absolute atomic E-state index is 12.6. The largest absolute Gasteiger partial charge is 0.494 e. The van der Waals surface area contributed by atoms with Gasteiger partial charge in [0.1, 0.15) is 5.75 Å². The van der Waals surface area contributed by atoms with Gasteiger partial charge in [-0.3, -0.25) is 0 Å². The summed E-state index contributed by atoms with van der Waals surface area (Å²) >= 11 is 5.50. The maximum atomic E-state index is 12.6. The predicted octanol–water partition coefficient (Wildman–Crippen LogP) is 4.43. The number of nitrogens with one attached hydrogen (secondary N) is 3. The lowest BCUT2D eigenvalue weighted by Crippen LogP contribution is -2.47. The van der Waals surface area contributed by atoms with Crippen LogP contribution in [0.4, 0.5) is 16.2 Å². The molecule has 0 bridgehead atoms. The molecule has 1 atom stereocenters. The van der Waals surface area contributed by atoms with Gasteiger partial charge in [-0.05, 0) is 75.0 Å². The summed E-state index contributed by atoms with van der Waals surface area (Å²) in [4.78, 5) is 26.9. The van der Waals surface area contributed by atoms with E-state index in [1.54, 1.807) is 36.4 Å². The van der Waals surface area contributed by atoms with Crippen LogP contribution in [-0.2, 0) is 9.53 Å². The van der Waals surface area contributed by atoms with Crippen molar-refractivity contribution < 1.29 is 19.1 Å². The van der Waals surface area contributed by atoms with E-state index >= 15 is 0 Å². The fourth-order valence-corrected chi connectivity index (χ4v) is 4.06. The lowest BCUT2D eigenvalue weighted by molar-refractivity contribution is -0.136. The van der Waals surface area contributed by atoms with E-state index in [-0.39, 0.29) is 6.03 Å². The zero-order valence-corrected chi connectivity index (χ0v) is 19.9. The molecule has 0 saturated carbocycles. The van der Waals surface area contributed by atoms with Gasteiger partial charge in [0.15, 0.2) is 5.11 Å². The Morgan fingerprint density at radius 3 is 2.42 bits per heavy atom. The van der Waals surface area contributed by atoms with Crippen molar-refractivity contribution in [3.05, 3.63) is 65.4 Å². The van der Waals surface area contributed by atoms with Crippen LogP contribution in [0.15, 0.2) is 59.8 Å². The van der Waals surface area contributed by atoms with Gasteiger partial charge in [-0.15, -0.1) is 0 Å². The first-order chi connectivity index (χ1) is 15.9. The van der Waals surface area contributed by atoms with Crippen LogP contribution in [0.25, 0.3) is 0 Å². The molecule has 0 spiro atoms. The molecular formula is C24H28N4O4S. The number of carbonyl (C=O) groups excluding carboxylic acids is 2. The van der Waals surface area contributed by atoms with Crippen LogP contribution in [0.3, 0.4) is 0 Å². The molecule has 0 aromatic heterocycles. The molecule has 3 rings (SSSR count). The van der Waals surface area contributed by atoms with Gasteiger partial charge in [-0.2, -0.15) is 0 Å². The number of hydrogen-bond donors (Lipinski definition) is 3. The molecule has 1 heterocycles. The van der Waals surface area contributed by atoms with Crippen LogP contribution >= 0.6 is 12.2 Å². The van der Waals surface area contributed by atoms with Gasteiger partial charge < -0.3 is 30.3 Å². The molecule has 0 radical (unpaired) electrons. The van der Waals surface area contributed by atoms with Crippen LogP contribution in [0.1, 0.15) is 32.4 Å². The second-order valence-electron chi connectivity index (χ2n) is 7.28. The fraction of sp³-hybridized carbons (Fsp3) is 0.292. The van der Waals surface area contributed by atoms with Crippen LogP contribution in [0.2, 0.25) is 0 Å². The molecule has 33 heavy (non-hydrogen) atoms. The predicted molar refractivity (Wildman–Crippen MR) is 132 cm³/mol. The molecule has 2 aromatic rings. The zero-order chi connectivity index (χ0) is 24.0. The van der Waals surface area contributed by atoms with Crippen molar-refractivity contribution in [3.8, 4) is 5.75 Å². The average Bonchev–Trinajstić information content (AvgIpc) is 2.80. The van der Waals surface area contributed by atoms with Crippen molar-refractivity contribution in [1.29, 1.82) is 0 Å². The number of methoxy groups -OCH3 is 1. The summed E-state index contributed by atoms with van der Waals surface area (Å²) in [7, 11) is 1.35. The second-order valence-corrected chi connectivity index (χ2v) is 7.67. The van der Waals surface area contributed by atoms with Crippen LogP contribution < -0.4 is 20.7 Å². The summed E-state index contributed by atoms with van der Waals surface area (Å²) in [6.07, 6.45) is 0. The summed E-state index contributed by atoms with van der Waals surface area (Å²) in [6, 6.07) is 13.5. The number of nitrogens with zero attached hydrogens (tertiary/aromatic N) is 1. The van der Waals surface area contributed by atoms with E-state index in [2.05, 4.69) is 16.0 Å². The van der Waals surface area contributed by atoms with Crippen LogP contribution in [0, 0.1) is 0 Å². The van der Waals surface area contributed by atoms with Crippen molar-refractivity contribution in [2.75, 3.05) is 30.9 Å². The van der Waals surface area contributed by atoms with E-state index in [0.717, 1.165) is 17.0 Å². The highest BCUT2D eigenvalue weighted by Crippen LogP contribution is 2.32. The summed E-state index contributed by atoms with van der Waals surface area (Å²) in [5.41, 5.74) is 3.20. The first kappa shape index (κ1) is 24.1. The molecule has 3 N–H and O–H groups in total. The van der Waals surface area contributed by atoms with Gasteiger partial charge in [0, 0.05) is 23.6 Å². The number of benzene rings is 2. The van der Waals surface area contributed by atoms with Crippen molar-refractivity contribution >= 4 is 40.7 Å². The zero-order valence-electron chi connectivity index (χ0n) is 19.1. The molecule has 0 saturated heterocycles. The lowest BCUT2D eigenvalue weighted by Gasteiger charge is -2.37. The Balaban J connectivity index is 1.79. The molecule has 0 unspecified atom stereocenters.